The first kappa shape index (κ1) is 13.0. The van der Waals surface area contributed by atoms with Crippen LogP contribution < -0.4 is 5.32 Å². The van der Waals surface area contributed by atoms with Crippen molar-refractivity contribution in [3.05, 3.63) is 29.3 Å². The van der Waals surface area contributed by atoms with E-state index in [0.717, 1.165) is 0 Å². The number of carbonyl (C=O) groups is 1. The molecule has 88 valence electrons. The van der Waals surface area contributed by atoms with Crippen molar-refractivity contribution in [3.8, 4) is 0 Å². The Morgan fingerprint density at radius 1 is 1.56 bits per heavy atom. The number of carbonyl (C=O) groups excluding carboxylic acids is 1. The molecule has 0 aliphatic heterocycles. The molecule has 0 aromatic heterocycles. The number of hydrogen-bond donors (Lipinski definition) is 1. The third kappa shape index (κ3) is 2.97. The van der Waals surface area contributed by atoms with Crippen LogP contribution in [0.4, 0.5) is 5.69 Å². The van der Waals surface area contributed by atoms with Gasteiger partial charge in [-0.15, -0.1) is 0 Å². The first-order chi connectivity index (χ1) is 7.51. The molecule has 1 N–H and O–H groups in total. The highest BCUT2D eigenvalue weighted by atomic mass is 35.5. The second-order valence-corrected chi connectivity index (χ2v) is 4.19. The van der Waals surface area contributed by atoms with Gasteiger partial charge in [0.25, 0.3) is 5.91 Å². The van der Waals surface area contributed by atoms with Gasteiger partial charge < -0.3 is 10.1 Å². The van der Waals surface area contributed by atoms with E-state index in [1.165, 1.54) is 7.11 Å². The molecule has 1 aromatic carbocycles. The monoisotopic (exact) mass is 241 g/mol. The fraction of sp³-hybridized carbons (Fsp3) is 0.417. The van der Waals surface area contributed by atoms with E-state index < -0.39 is 5.60 Å². The summed E-state index contributed by atoms with van der Waals surface area (Å²) >= 11 is 5.83. The highest BCUT2D eigenvalue weighted by molar-refractivity contribution is 6.30. The Morgan fingerprint density at radius 3 is 2.75 bits per heavy atom. The lowest BCUT2D eigenvalue weighted by Crippen LogP contribution is -2.41. The molecule has 1 atom stereocenters. The number of halogens is 1. The van der Waals surface area contributed by atoms with Gasteiger partial charge in [0, 0.05) is 17.8 Å². The largest absolute Gasteiger partial charge is 0.369 e. The standard InChI is InChI=1S/C12H16ClNO2/c1-4-12(2,16-3)11(15)14-10-7-5-6-9(13)8-10/h5-8H,4H2,1-3H3,(H,14,15). The zero-order chi connectivity index (χ0) is 12.2. The maximum absolute atomic E-state index is 11.9. The second kappa shape index (κ2) is 5.32. The summed E-state index contributed by atoms with van der Waals surface area (Å²) in [5, 5.41) is 3.37. The predicted molar refractivity (Wildman–Crippen MR) is 65.8 cm³/mol. The average molecular weight is 242 g/mol. The van der Waals surface area contributed by atoms with E-state index in [2.05, 4.69) is 5.32 Å². The van der Waals surface area contributed by atoms with Crippen LogP contribution in [0.25, 0.3) is 0 Å². The third-order valence-corrected chi connectivity index (χ3v) is 2.92. The number of hydrogen-bond acceptors (Lipinski definition) is 2. The summed E-state index contributed by atoms with van der Waals surface area (Å²) in [6.45, 7) is 3.66. The van der Waals surface area contributed by atoms with E-state index in [9.17, 15) is 4.79 Å². The minimum atomic E-state index is -0.803. The van der Waals surface area contributed by atoms with Gasteiger partial charge in [-0.1, -0.05) is 24.6 Å². The summed E-state index contributed by atoms with van der Waals surface area (Å²) in [6, 6.07) is 7.03. The van der Waals surface area contributed by atoms with Gasteiger partial charge in [0.1, 0.15) is 5.60 Å². The summed E-state index contributed by atoms with van der Waals surface area (Å²) in [6.07, 6.45) is 0.607. The Morgan fingerprint density at radius 2 is 2.25 bits per heavy atom. The summed E-state index contributed by atoms with van der Waals surface area (Å²) in [7, 11) is 1.53. The molecule has 0 fully saturated rings. The van der Waals surface area contributed by atoms with Crippen LogP contribution in [0.15, 0.2) is 24.3 Å². The molecule has 0 aliphatic carbocycles. The third-order valence-electron chi connectivity index (χ3n) is 2.69. The maximum Gasteiger partial charge on any atom is 0.256 e. The van der Waals surface area contributed by atoms with Crippen LogP contribution in [0.2, 0.25) is 5.02 Å². The fourth-order valence-electron chi connectivity index (χ4n) is 1.23. The van der Waals surface area contributed by atoms with Gasteiger partial charge in [-0.3, -0.25) is 4.79 Å². The number of benzene rings is 1. The van der Waals surface area contributed by atoms with Crippen molar-refractivity contribution in [3.63, 3.8) is 0 Å². The lowest BCUT2D eigenvalue weighted by atomic mass is 10.0. The van der Waals surface area contributed by atoms with Crippen LogP contribution in [0.3, 0.4) is 0 Å². The van der Waals surface area contributed by atoms with Crippen LogP contribution in [0.5, 0.6) is 0 Å². The van der Waals surface area contributed by atoms with Crippen molar-refractivity contribution in [1.29, 1.82) is 0 Å². The van der Waals surface area contributed by atoms with E-state index >= 15 is 0 Å². The Bertz CT molecular complexity index is 375. The lowest BCUT2D eigenvalue weighted by Gasteiger charge is -2.25. The fourth-order valence-corrected chi connectivity index (χ4v) is 1.42. The topological polar surface area (TPSA) is 38.3 Å². The second-order valence-electron chi connectivity index (χ2n) is 3.75. The molecule has 0 spiro atoms. The van der Waals surface area contributed by atoms with Crippen LogP contribution in [-0.4, -0.2) is 18.6 Å². The Kier molecular flexibility index (Phi) is 4.33. The number of methoxy groups -OCH3 is 1. The van der Waals surface area contributed by atoms with E-state index in [1.54, 1.807) is 31.2 Å². The summed E-state index contributed by atoms with van der Waals surface area (Å²) in [5.74, 6) is -0.167. The molecule has 0 saturated carbocycles. The zero-order valence-electron chi connectivity index (χ0n) is 9.71. The lowest BCUT2D eigenvalue weighted by molar-refractivity contribution is -0.136. The van der Waals surface area contributed by atoms with Gasteiger partial charge in [-0.2, -0.15) is 0 Å². The Balaban J connectivity index is 2.78. The van der Waals surface area contributed by atoms with Crippen molar-refractivity contribution in [2.24, 2.45) is 0 Å². The van der Waals surface area contributed by atoms with Crippen LogP contribution >= 0.6 is 11.6 Å². The van der Waals surface area contributed by atoms with Crippen molar-refractivity contribution in [2.45, 2.75) is 25.9 Å². The van der Waals surface area contributed by atoms with Gasteiger partial charge in [-0.05, 0) is 31.5 Å². The molecule has 0 saturated heterocycles. The van der Waals surface area contributed by atoms with E-state index in [1.807, 2.05) is 6.92 Å². The van der Waals surface area contributed by atoms with Gasteiger partial charge >= 0.3 is 0 Å². The highest BCUT2D eigenvalue weighted by Gasteiger charge is 2.30. The molecule has 0 bridgehead atoms. The van der Waals surface area contributed by atoms with Crippen molar-refractivity contribution >= 4 is 23.2 Å². The van der Waals surface area contributed by atoms with Gasteiger partial charge in [-0.25, -0.2) is 0 Å². The van der Waals surface area contributed by atoms with Crippen molar-refractivity contribution in [1.82, 2.24) is 0 Å². The molecule has 0 heterocycles. The molecule has 1 aromatic rings. The van der Waals surface area contributed by atoms with E-state index in [0.29, 0.717) is 17.1 Å². The van der Waals surface area contributed by atoms with Crippen molar-refractivity contribution < 1.29 is 9.53 Å². The molecule has 1 unspecified atom stereocenters. The molecule has 4 heteroatoms. The summed E-state index contributed by atoms with van der Waals surface area (Å²) in [5.41, 5.74) is -0.128. The molecule has 0 aliphatic rings. The SMILES string of the molecule is CCC(C)(OC)C(=O)Nc1cccc(Cl)c1. The zero-order valence-corrected chi connectivity index (χ0v) is 10.5. The predicted octanol–water partition coefficient (Wildman–Crippen LogP) is 3.09. The van der Waals surface area contributed by atoms with Gasteiger partial charge in [0.2, 0.25) is 0 Å². The van der Waals surface area contributed by atoms with Gasteiger partial charge in [0.15, 0.2) is 0 Å². The molecular formula is C12H16ClNO2. The van der Waals surface area contributed by atoms with Gasteiger partial charge in [0.05, 0.1) is 0 Å². The first-order valence-electron chi connectivity index (χ1n) is 5.14. The van der Waals surface area contributed by atoms with Crippen LogP contribution in [0, 0.1) is 0 Å². The van der Waals surface area contributed by atoms with Crippen LogP contribution in [-0.2, 0) is 9.53 Å². The quantitative estimate of drug-likeness (QED) is 0.880. The van der Waals surface area contributed by atoms with E-state index in [-0.39, 0.29) is 5.91 Å². The molecule has 1 rings (SSSR count). The number of nitrogens with one attached hydrogen (secondary N) is 1. The highest BCUT2D eigenvalue weighted by Crippen LogP contribution is 2.19. The normalized spacial score (nSPS) is 14.2. The number of rotatable bonds is 4. The minimum Gasteiger partial charge on any atom is -0.369 e. The molecular weight excluding hydrogens is 226 g/mol. The number of anilines is 1. The van der Waals surface area contributed by atoms with Crippen molar-refractivity contribution in [2.75, 3.05) is 12.4 Å². The number of amides is 1. The average Bonchev–Trinajstić information content (AvgIpc) is 2.28. The molecule has 1 amide bonds. The summed E-state index contributed by atoms with van der Waals surface area (Å²) < 4.78 is 5.21. The van der Waals surface area contributed by atoms with Crippen LogP contribution in [0.1, 0.15) is 20.3 Å². The number of ether oxygens (including phenoxy) is 1. The Hall–Kier alpha value is -1.06. The summed E-state index contributed by atoms with van der Waals surface area (Å²) in [4.78, 5) is 11.9. The smallest absolute Gasteiger partial charge is 0.256 e. The molecule has 16 heavy (non-hydrogen) atoms. The minimum absolute atomic E-state index is 0.167. The van der Waals surface area contributed by atoms with E-state index in [4.69, 9.17) is 16.3 Å². The Labute approximate surface area is 101 Å². The first-order valence-corrected chi connectivity index (χ1v) is 5.52. The maximum atomic E-state index is 11.9. The molecule has 3 nitrogen and oxygen atoms in total. The molecule has 0 radical (unpaired) electrons.